The van der Waals surface area contributed by atoms with Crippen molar-refractivity contribution in [3.8, 4) is 5.75 Å². The lowest BCUT2D eigenvalue weighted by atomic mass is 10.0. The van der Waals surface area contributed by atoms with Gasteiger partial charge in [-0.1, -0.05) is 17.7 Å². The Morgan fingerprint density at radius 3 is 2.88 bits per heavy atom. The van der Waals surface area contributed by atoms with E-state index < -0.39 is 6.04 Å². The molecule has 1 aromatic rings. The van der Waals surface area contributed by atoms with Gasteiger partial charge in [0.15, 0.2) is 0 Å². The second kappa shape index (κ2) is 5.72. The van der Waals surface area contributed by atoms with Gasteiger partial charge in [-0.15, -0.1) is 0 Å². The number of benzene rings is 1. The first-order valence-corrected chi connectivity index (χ1v) is 5.32. The van der Waals surface area contributed by atoms with Crippen LogP contribution in [0.3, 0.4) is 0 Å². The fourth-order valence-electron chi connectivity index (χ4n) is 1.27. The highest BCUT2D eigenvalue weighted by molar-refractivity contribution is 6.32. The van der Waals surface area contributed by atoms with Crippen LogP contribution in [0, 0.1) is 0 Å². The number of ether oxygens (including phenoxy) is 1. The van der Waals surface area contributed by atoms with Gasteiger partial charge in [-0.05, 0) is 24.6 Å². The highest BCUT2D eigenvalue weighted by Crippen LogP contribution is 2.26. The van der Waals surface area contributed by atoms with Gasteiger partial charge in [0.25, 0.3) is 0 Å². The Morgan fingerprint density at radius 1 is 1.62 bits per heavy atom. The van der Waals surface area contributed by atoms with Gasteiger partial charge >= 0.3 is 5.97 Å². The third-order valence-corrected chi connectivity index (χ3v) is 2.39. The molecule has 0 aliphatic heterocycles. The topological polar surface area (TPSA) is 72.5 Å². The van der Waals surface area contributed by atoms with Crippen LogP contribution in [0.5, 0.6) is 5.75 Å². The summed E-state index contributed by atoms with van der Waals surface area (Å²) >= 11 is 5.73. The maximum absolute atomic E-state index is 11.2. The molecule has 1 aromatic carbocycles. The van der Waals surface area contributed by atoms with Crippen LogP contribution in [0.25, 0.3) is 0 Å². The third kappa shape index (κ3) is 3.40. The molecule has 0 fully saturated rings. The van der Waals surface area contributed by atoms with Crippen molar-refractivity contribution in [2.75, 3.05) is 6.61 Å². The molecule has 1 rings (SSSR count). The zero-order chi connectivity index (χ0) is 12.1. The van der Waals surface area contributed by atoms with Crippen LogP contribution in [0.1, 0.15) is 24.9 Å². The molecular formula is C11H14ClNO3. The minimum absolute atomic E-state index is 0.00579. The average Bonchev–Trinajstić information content (AvgIpc) is 2.22. The van der Waals surface area contributed by atoms with Gasteiger partial charge in [-0.25, -0.2) is 0 Å². The van der Waals surface area contributed by atoms with E-state index in [1.807, 2.05) is 0 Å². The van der Waals surface area contributed by atoms with E-state index in [0.717, 1.165) is 0 Å². The van der Waals surface area contributed by atoms with Crippen LogP contribution in [-0.2, 0) is 9.53 Å². The number of nitrogens with two attached hydrogens (primary N) is 1. The number of hydrogen-bond acceptors (Lipinski definition) is 4. The van der Waals surface area contributed by atoms with Crippen molar-refractivity contribution in [1.29, 1.82) is 0 Å². The average molecular weight is 244 g/mol. The molecule has 5 heteroatoms. The van der Waals surface area contributed by atoms with Crippen LogP contribution >= 0.6 is 11.6 Å². The first-order chi connectivity index (χ1) is 7.54. The summed E-state index contributed by atoms with van der Waals surface area (Å²) in [6.45, 7) is 2.07. The third-order valence-electron chi connectivity index (χ3n) is 2.09. The minimum atomic E-state index is -0.475. The number of esters is 1. The predicted octanol–water partition coefficient (Wildman–Crippen LogP) is 2.00. The molecule has 0 saturated carbocycles. The fraction of sp³-hybridized carbons (Fsp3) is 0.364. The zero-order valence-corrected chi connectivity index (χ0v) is 9.70. The number of phenols is 1. The standard InChI is InChI=1S/C11H14ClNO3/c1-2-16-11(15)6-9(13)7-3-4-10(14)8(12)5-7/h3-5,9,14H,2,6,13H2,1H3/t9-/m0/s1. The summed E-state index contributed by atoms with van der Waals surface area (Å²) in [5.74, 6) is -0.354. The van der Waals surface area contributed by atoms with Crippen molar-refractivity contribution < 1.29 is 14.6 Å². The Bertz CT molecular complexity index is 381. The van der Waals surface area contributed by atoms with E-state index in [9.17, 15) is 9.90 Å². The Hall–Kier alpha value is -1.26. The number of rotatable bonds is 4. The summed E-state index contributed by atoms with van der Waals surface area (Å²) in [6, 6.07) is 4.14. The lowest BCUT2D eigenvalue weighted by Crippen LogP contribution is -2.17. The van der Waals surface area contributed by atoms with Gasteiger partial charge in [0.05, 0.1) is 18.1 Å². The number of hydrogen-bond donors (Lipinski definition) is 2. The number of carbonyl (C=O) groups excluding carboxylic acids is 1. The molecule has 0 amide bonds. The highest BCUT2D eigenvalue weighted by atomic mass is 35.5. The molecule has 4 nitrogen and oxygen atoms in total. The van der Waals surface area contributed by atoms with Gasteiger partial charge in [0.1, 0.15) is 5.75 Å². The SMILES string of the molecule is CCOC(=O)C[C@H](N)c1ccc(O)c(Cl)c1. The number of aromatic hydroxyl groups is 1. The van der Waals surface area contributed by atoms with Crippen molar-refractivity contribution in [1.82, 2.24) is 0 Å². The summed E-state index contributed by atoms with van der Waals surface area (Å²) < 4.78 is 4.79. The first-order valence-electron chi connectivity index (χ1n) is 4.94. The molecule has 0 bridgehead atoms. The predicted molar refractivity (Wildman–Crippen MR) is 61.3 cm³/mol. The molecule has 0 heterocycles. The quantitative estimate of drug-likeness (QED) is 0.794. The zero-order valence-electron chi connectivity index (χ0n) is 8.94. The van der Waals surface area contributed by atoms with Gasteiger partial charge in [0, 0.05) is 6.04 Å². The molecule has 1 atom stereocenters. The normalized spacial score (nSPS) is 12.2. The van der Waals surface area contributed by atoms with E-state index in [-0.39, 0.29) is 23.2 Å². The second-order valence-electron chi connectivity index (χ2n) is 3.33. The molecule has 0 aromatic heterocycles. The number of phenolic OH excluding ortho intramolecular Hbond substituents is 1. The Balaban J connectivity index is 2.69. The Morgan fingerprint density at radius 2 is 2.31 bits per heavy atom. The maximum atomic E-state index is 11.2. The minimum Gasteiger partial charge on any atom is -0.506 e. The maximum Gasteiger partial charge on any atom is 0.307 e. The molecule has 3 N–H and O–H groups in total. The van der Waals surface area contributed by atoms with Crippen molar-refractivity contribution in [3.63, 3.8) is 0 Å². The molecule has 0 aliphatic carbocycles. The van der Waals surface area contributed by atoms with E-state index >= 15 is 0 Å². The lowest BCUT2D eigenvalue weighted by molar-refractivity contribution is -0.143. The van der Waals surface area contributed by atoms with Crippen molar-refractivity contribution >= 4 is 17.6 Å². The monoisotopic (exact) mass is 243 g/mol. The Labute approximate surface area is 99.0 Å². The fourth-order valence-corrected chi connectivity index (χ4v) is 1.46. The lowest BCUT2D eigenvalue weighted by Gasteiger charge is -2.11. The number of halogens is 1. The molecule has 0 radical (unpaired) electrons. The van der Waals surface area contributed by atoms with E-state index in [0.29, 0.717) is 12.2 Å². The van der Waals surface area contributed by atoms with Crippen LogP contribution in [-0.4, -0.2) is 17.7 Å². The van der Waals surface area contributed by atoms with Gasteiger partial charge in [-0.2, -0.15) is 0 Å². The van der Waals surface area contributed by atoms with Crippen LogP contribution in [0.15, 0.2) is 18.2 Å². The largest absolute Gasteiger partial charge is 0.506 e. The molecule has 88 valence electrons. The summed E-state index contributed by atoms with van der Waals surface area (Å²) in [5.41, 5.74) is 6.49. The summed E-state index contributed by atoms with van der Waals surface area (Å²) in [7, 11) is 0. The van der Waals surface area contributed by atoms with Crippen molar-refractivity contribution in [2.24, 2.45) is 5.73 Å². The van der Waals surface area contributed by atoms with Gasteiger partial charge in [0.2, 0.25) is 0 Å². The summed E-state index contributed by atoms with van der Waals surface area (Å²) in [5, 5.41) is 9.45. The van der Waals surface area contributed by atoms with Crippen molar-refractivity contribution in [2.45, 2.75) is 19.4 Å². The molecule has 0 spiro atoms. The van der Waals surface area contributed by atoms with E-state index in [1.54, 1.807) is 19.1 Å². The smallest absolute Gasteiger partial charge is 0.307 e. The first kappa shape index (κ1) is 12.8. The molecular weight excluding hydrogens is 230 g/mol. The van der Waals surface area contributed by atoms with E-state index in [1.165, 1.54) is 6.07 Å². The van der Waals surface area contributed by atoms with Crippen molar-refractivity contribution in [3.05, 3.63) is 28.8 Å². The molecule has 16 heavy (non-hydrogen) atoms. The van der Waals surface area contributed by atoms with Gasteiger partial charge < -0.3 is 15.6 Å². The van der Waals surface area contributed by atoms with Gasteiger partial charge in [-0.3, -0.25) is 4.79 Å². The molecule has 0 unspecified atom stereocenters. The highest BCUT2D eigenvalue weighted by Gasteiger charge is 2.13. The summed E-state index contributed by atoms with van der Waals surface area (Å²) in [6.07, 6.45) is 0.0922. The summed E-state index contributed by atoms with van der Waals surface area (Å²) in [4.78, 5) is 11.2. The van der Waals surface area contributed by atoms with Crippen LogP contribution < -0.4 is 5.73 Å². The number of carbonyl (C=O) groups is 1. The van der Waals surface area contributed by atoms with E-state index in [2.05, 4.69) is 0 Å². The van der Waals surface area contributed by atoms with Crippen LogP contribution in [0.4, 0.5) is 0 Å². The molecule has 0 saturated heterocycles. The Kier molecular flexibility index (Phi) is 4.58. The van der Waals surface area contributed by atoms with E-state index in [4.69, 9.17) is 22.1 Å². The second-order valence-corrected chi connectivity index (χ2v) is 3.73. The molecule has 0 aliphatic rings. The van der Waals surface area contributed by atoms with Crippen LogP contribution in [0.2, 0.25) is 5.02 Å².